The van der Waals surface area contributed by atoms with Crippen LogP contribution in [0.4, 0.5) is 0 Å². The van der Waals surface area contributed by atoms with Gasteiger partial charge in [-0.2, -0.15) is 0 Å². The van der Waals surface area contributed by atoms with Crippen LogP contribution in [0.25, 0.3) is 11.5 Å². The lowest BCUT2D eigenvalue weighted by atomic mass is 10.3. The van der Waals surface area contributed by atoms with E-state index in [0.29, 0.717) is 0 Å². The highest BCUT2D eigenvalue weighted by Gasteiger charge is 2.16. The van der Waals surface area contributed by atoms with Gasteiger partial charge in [0.2, 0.25) is 12.0 Å². The molecular formula is C9H12ClN3O. The van der Waals surface area contributed by atoms with Crippen molar-refractivity contribution < 1.29 is 21.4 Å². The second-order valence-electron chi connectivity index (χ2n) is 3.17. The molecule has 0 aliphatic rings. The number of nitrogens with zero attached hydrogens (tertiary/aromatic N) is 3. The van der Waals surface area contributed by atoms with Crippen LogP contribution in [-0.2, 0) is 14.1 Å². The fourth-order valence-electron chi connectivity index (χ4n) is 1.42. The van der Waals surface area contributed by atoms with Crippen molar-refractivity contribution in [2.45, 2.75) is 6.92 Å². The average Bonchev–Trinajstić information content (AvgIpc) is 2.58. The molecule has 5 heteroatoms. The summed E-state index contributed by atoms with van der Waals surface area (Å²) in [5, 5.41) is 0. The van der Waals surface area contributed by atoms with E-state index in [0.717, 1.165) is 17.1 Å². The molecule has 4 nitrogen and oxygen atoms in total. The predicted octanol–water partition coefficient (Wildman–Crippen LogP) is -2.18. The maximum absolute atomic E-state index is 5.30. The van der Waals surface area contributed by atoms with Crippen molar-refractivity contribution >= 4 is 0 Å². The van der Waals surface area contributed by atoms with Gasteiger partial charge in [-0.3, -0.25) is 0 Å². The Balaban J connectivity index is 0.000000980. The molecule has 2 rings (SSSR count). The van der Waals surface area contributed by atoms with E-state index in [9.17, 15) is 0 Å². The molecule has 0 aliphatic heterocycles. The standard InChI is InChI=1S/C9H12N3O.ClH/c1-7-9(13-5-10-7)8-4-11(2)6-12(8)3;/h4-6H,1-3H3;1H/q+1;/p-1. The summed E-state index contributed by atoms with van der Waals surface area (Å²) in [4.78, 5) is 4.05. The second-order valence-corrected chi connectivity index (χ2v) is 3.17. The zero-order valence-electron chi connectivity index (χ0n) is 8.36. The molecule has 0 bridgehead atoms. The molecule has 0 aliphatic carbocycles. The fraction of sp³-hybridized carbons (Fsp3) is 0.333. The SMILES string of the molecule is Cc1ncoc1-c1c[n+](C)cn1C.[Cl-]. The number of aryl methyl sites for hydroxylation is 3. The van der Waals surface area contributed by atoms with Crippen LogP contribution in [0.3, 0.4) is 0 Å². The maximum atomic E-state index is 5.30. The third kappa shape index (κ3) is 1.65. The van der Waals surface area contributed by atoms with E-state index in [-0.39, 0.29) is 12.4 Å². The van der Waals surface area contributed by atoms with E-state index < -0.39 is 0 Å². The Kier molecular flexibility index (Phi) is 2.96. The first-order chi connectivity index (χ1) is 6.18. The van der Waals surface area contributed by atoms with Crippen LogP contribution in [0.5, 0.6) is 0 Å². The molecule has 0 spiro atoms. The van der Waals surface area contributed by atoms with Gasteiger partial charge in [-0.05, 0) is 6.92 Å². The van der Waals surface area contributed by atoms with E-state index in [1.165, 1.54) is 6.39 Å². The summed E-state index contributed by atoms with van der Waals surface area (Å²) in [6.07, 6.45) is 5.46. The first-order valence-electron chi connectivity index (χ1n) is 4.10. The molecule has 0 fully saturated rings. The third-order valence-electron chi connectivity index (χ3n) is 2.04. The highest BCUT2D eigenvalue weighted by atomic mass is 35.5. The van der Waals surface area contributed by atoms with Crippen LogP contribution < -0.4 is 17.0 Å². The number of aromatic nitrogens is 3. The number of hydrogen-bond acceptors (Lipinski definition) is 2. The van der Waals surface area contributed by atoms with Crippen LogP contribution in [0, 0.1) is 6.92 Å². The quantitative estimate of drug-likeness (QED) is 0.505. The Bertz CT molecular complexity index is 433. The van der Waals surface area contributed by atoms with Gasteiger partial charge in [0.25, 0.3) is 0 Å². The second kappa shape index (κ2) is 3.84. The lowest BCUT2D eigenvalue weighted by Crippen LogP contribution is -3.00. The highest BCUT2D eigenvalue weighted by Crippen LogP contribution is 2.20. The summed E-state index contributed by atoms with van der Waals surface area (Å²) < 4.78 is 9.29. The molecule has 0 radical (unpaired) electrons. The summed E-state index contributed by atoms with van der Waals surface area (Å²) in [5.41, 5.74) is 1.96. The lowest BCUT2D eigenvalue weighted by molar-refractivity contribution is -0.670. The minimum atomic E-state index is 0. The van der Waals surface area contributed by atoms with Gasteiger partial charge >= 0.3 is 0 Å². The molecular weight excluding hydrogens is 202 g/mol. The van der Waals surface area contributed by atoms with E-state index >= 15 is 0 Å². The third-order valence-corrected chi connectivity index (χ3v) is 2.04. The van der Waals surface area contributed by atoms with Crippen molar-refractivity contribution in [2.75, 3.05) is 0 Å². The van der Waals surface area contributed by atoms with Crippen molar-refractivity contribution in [3.8, 4) is 11.5 Å². The van der Waals surface area contributed by atoms with Crippen molar-refractivity contribution in [2.24, 2.45) is 14.1 Å². The normalized spacial score (nSPS) is 9.93. The predicted molar refractivity (Wildman–Crippen MR) is 46.8 cm³/mol. The van der Waals surface area contributed by atoms with Crippen LogP contribution in [0.15, 0.2) is 23.3 Å². The maximum Gasteiger partial charge on any atom is 0.243 e. The highest BCUT2D eigenvalue weighted by molar-refractivity contribution is 5.52. The van der Waals surface area contributed by atoms with Gasteiger partial charge in [-0.15, -0.1) is 0 Å². The first-order valence-corrected chi connectivity index (χ1v) is 4.10. The lowest BCUT2D eigenvalue weighted by Gasteiger charge is -1.90. The van der Waals surface area contributed by atoms with Gasteiger partial charge in [0.1, 0.15) is 6.20 Å². The molecule has 0 N–H and O–H groups in total. The molecule has 0 saturated heterocycles. The number of imidazole rings is 1. The van der Waals surface area contributed by atoms with E-state index in [2.05, 4.69) is 4.98 Å². The van der Waals surface area contributed by atoms with E-state index in [4.69, 9.17) is 4.42 Å². The van der Waals surface area contributed by atoms with Gasteiger partial charge in [0.15, 0.2) is 12.2 Å². The Morgan fingerprint density at radius 3 is 2.64 bits per heavy atom. The monoisotopic (exact) mass is 213 g/mol. The Hall–Kier alpha value is -1.29. The number of halogens is 1. The van der Waals surface area contributed by atoms with Gasteiger partial charge < -0.3 is 16.8 Å². The van der Waals surface area contributed by atoms with Crippen molar-refractivity contribution in [3.05, 3.63) is 24.6 Å². The molecule has 2 aromatic heterocycles. The molecule has 0 amide bonds. The van der Waals surface area contributed by atoms with Crippen LogP contribution in [0.1, 0.15) is 5.69 Å². The molecule has 14 heavy (non-hydrogen) atoms. The topological polar surface area (TPSA) is 34.8 Å². The molecule has 0 atom stereocenters. The number of oxazole rings is 1. The number of hydrogen-bond donors (Lipinski definition) is 0. The largest absolute Gasteiger partial charge is 1.00 e. The van der Waals surface area contributed by atoms with E-state index in [1.807, 2.05) is 42.7 Å². The zero-order valence-corrected chi connectivity index (χ0v) is 9.12. The first kappa shape index (κ1) is 10.8. The molecule has 2 heterocycles. The molecule has 76 valence electrons. The molecule has 0 saturated carbocycles. The average molecular weight is 214 g/mol. The zero-order chi connectivity index (χ0) is 9.42. The minimum Gasteiger partial charge on any atom is -1.00 e. The van der Waals surface area contributed by atoms with E-state index in [1.54, 1.807) is 0 Å². The van der Waals surface area contributed by atoms with Gasteiger partial charge in [-0.25, -0.2) is 14.1 Å². The summed E-state index contributed by atoms with van der Waals surface area (Å²) in [6, 6.07) is 0. The fourth-order valence-corrected chi connectivity index (χ4v) is 1.42. The molecule has 0 unspecified atom stereocenters. The Morgan fingerprint density at radius 2 is 2.21 bits per heavy atom. The summed E-state index contributed by atoms with van der Waals surface area (Å²) in [6.45, 7) is 1.94. The Labute approximate surface area is 88.6 Å². The smallest absolute Gasteiger partial charge is 0.243 e. The number of rotatable bonds is 1. The van der Waals surface area contributed by atoms with Crippen molar-refractivity contribution in [3.63, 3.8) is 0 Å². The minimum absolute atomic E-state index is 0. The van der Waals surface area contributed by atoms with Crippen LogP contribution >= 0.6 is 0 Å². The van der Waals surface area contributed by atoms with Crippen LogP contribution in [0.2, 0.25) is 0 Å². The molecule has 2 aromatic rings. The van der Waals surface area contributed by atoms with Gasteiger partial charge in [0.05, 0.1) is 19.8 Å². The van der Waals surface area contributed by atoms with Gasteiger partial charge in [0, 0.05) is 0 Å². The molecule has 0 aromatic carbocycles. The van der Waals surface area contributed by atoms with Crippen molar-refractivity contribution in [1.29, 1.82) is 0 Å². The Morgan fingerprint density at radius 1 is 1.50 bits per heavy atom. The summed E-state index contributed by atoms with van der Waals surface area (Å²) in [5.74, 6) is 0.836. The van der Waals surface area contributed by atoms with Crippen molar-refractivity contribution in [1.82, 2.24) is 9.55 Å². The van der Waals surface area contributed by atoms with Crippen LogP contribution in [-0.4, -0.2) is 9.55 Å². The summed E-state index contributed by atoms with van der Waals surface area (Å²) >= 11 is 0. The van der Waals surface area contributed by atoms with Gasteiger partial charge in [-0.1, -0.05) is 0 Å². The summed E-state index contributed by atoms with van der Waals surface area (Å²) in [7, 11) is 3.96.